The quantitative estimate of drug-likeness (QED) is 0.371. The molecular weight excluding hydrogens is 447 g/mol. The van der Waals surface area contributed by atoms with E-state index in [0.29, 0.717) is 13.2 Å². The van der Waals surface area contributed by atoms with Crippen molar-refractivity contribution in [1.29, 1.82) is 0 Å². The number of morpholine rings is 1. The number of anilines is 1. The Labute approximate surface area is 189 Å². The number of nitrogens with one attached hydrogen (secondary N) is 2. The molecule has 2 heterocycles. The van der Waals surface area contributed by atoms with Crippen LogP contribution in [0.3, 0.4) is 0 Å². The van der Waals surface area contributed by atoms with Gasteiger partial charge in [0.1, 0.15) is 5.82 Å². The highest BCUT2D eigenvalue weighted by Crippen LogP contribution is 2.36. The maximum Gasteiger partial charge on any atom is 0.417 e. The standard InChI is InChI=1S/C21H25ClF3N5O2/c1-3-14-13-29(4-2)19(30-7-9-32-10-8-30)16(14)12-26-28-20(31)27-15-5-6-18(22)17(11-15)21(23,24)25/h3,5-6,11-12,14H,1,4,7-10,13H2,2H3,(H2,27,28,31)/b26-12+. The predicted octanol–water partition coefficient (Wildman–Crippen LogP) is 4.15. The molecule has 32 heavy (non-hydrogen) atoms. The predicted molar refractivity (Wildman–Crippen MR) is 117 cm³/mol. The number of ether oxygens (including phenoxy) is 1. The van der Waals surface area contributed by atoms with Crippen molar-refractivity contribution in [1.82, 2.24) is 15.2 Å². The topological polar surface area (TPSA) is 69.2 Å². The average Bonchev–Trinajstić information content (AvgIpc) is 3.12. The first-order valence-electron chi connectivity index (χ1n) is 10.2. The van der Waals surface area contributed by atoms with Crippen molar-refractivity contribution < 1.29 is 22.7 Å². The zero-order valence-corrected chi connectivity index (χ0v) is 18.3. The SMILES string of the molecule is C=CC1CN(CC)C(N2CCOCC2)=C1/C=N/NC(=O)Nc1ccc(Cl)c(C(F)(F)F)c1. The van der Waals surface area contributed by atoms with E-state index in [1.807, 2.05) is 6.08 Å². The van der Waals surface area contributed by atoms with Crippen molar-refractivity contribution in [3.8, 4) is 0 Å². The normalized spacial score (nSPS) is 19.6. The van der Waals surface area contributed by atoms with E-state index in [1.54, 1.807) is 6.21 Å². The van der Waals surface area contributed by atoms with Crippen LogP contribution in [0.5, 0.6) is 0 Å². The van der Waals surface area contributed by atoms with Crippen LogP contribution in [-0.4, -0.2) is 61.4 Å². The first kappa shape index (κ1) is 23.9. The van der Waals surface area contributed by atoms with Gasteiger partial charge >= 0.3 is 12.2 Å². The summed E-state index contributed by atoms with van der Waals surface area (Å²) in [5.41, 5.74) is 2.14. The van der Waals surface area contributed by atoms with Gasteiger partial charge in [0.15, 0.2) is 0 Å². The Morgan fingerprint density at radius 1 is 1.38 bits per heavy atom. The fourth-order valence-electron chi connectivity index (χ4n) is 3.70. The van der Waals surface area contributed by atoms with E-state index in [9.17, 15) is 18.0 Å². The number of benzene rings is 1. The molecule has 2 aliphatic heterocycles. The molecule has 1 fully saturated rings. The molecule has 0 aliphatic carbocycles. The van der Waals surface area contributed by atoms with E-state index in [2.05, 4.69) is 39.1 Å². The van der Waals surface area contributed by atoms with Gasteiger partial charge in [-0.15, -0.1) is 6.58 Å². The number of hydrogen-bond donors (Lipinski definition) is 2. The molecule has 1 atom stereocenters. The van der Waals surface area contributed by atoms with Crippen LogP contribution >= 0.6 is 11.6 Å². The molecule has 1 unspecified atom stereocenters. The third-order valence-electron chi connectivity index (χ3n) is 5.25. The molecule has 0 radical (unpaired) electrons. The van der Waals surface area contributed by atoms with Gasteiger partial charge in [0, 0.05) is 43.4 Å². The van der Waals surface area contributed by atoms with E-state index in [4.69, 9.17) is 16.3 Å². The van der Waals surface area contributed by atoms with Crippen LogP contribution in [0, 0.1) is 5.92 Å². The number of nitrogens with zero attached hydrogens (tertiary/aromatic N) is 3. The fraction of sp³-hybridized carbons (Fsp3) is 0.429. The largest absolute Gasteiger partial charge is 0.417 e. The molecular formula is C21H25ClF3N5O2. The number of halogens is 4. The molecule has 1 saturated heterocycles. The molecule has 3 rings (SSSR count). The number of rotatable bonds is 6. The zero-order valence-electron chi connectivity index (χ0n) is 17.6. The smallest absolute Gasteiger partial charge is 0.378 e. The highest BCUT2D eigenvalue weighted by Gasteiger charge is 2.34. The van der Waals surface area contributed by atoms with Gasteiger partial charge in [0.2, 0.25) is 0 Å². The minimum atomic E-state index is -4.63. The van der Waals surface area contributed by atoms with Crippen LogP contribution < -0.4 is 10.7 Å². The Morgan fingerprint density at radius 2 is 2.09 bits per heavy atom. The minimum absolute atomic E-state index is 0.0343. The molecule has 0 bridgehead atoms. The monoisotopic (exact) mass is 471 g/mol. The van der Waals surface area contributed by atoms with Crippen LogP contribution in [0.2, 0.25) is 5.02 Å². The van der Waals surface area contributed by atoms with Crippen LogP contribution in [-0.2, 0) is 10.9 Å². The molecule has 0 aromatic heterocycles. The molecule has 1 aromatic carbocycles. The van der Waals surface area contributed by atoms with Gasteiger partial charge in [-0.25, -0.2) is 10.2 Å². The van der Waals surface area contributed by atoms with E-state index in [-0.39, 0.29) is 11.6 Å². The van der Waals surface area contributed by atoms with Crippen molar-refractivity contribution in [3.05, 3.63) is 52.8 Å². The molecule has 2 amide bonds. The lowest BCUT2D eigenvalue weighted by Gasteiger charge is -2.35. The summed E-state index contributed by atoms with van der Waals surface area (Å²) >= 11 is 5.60. The average molecular weight is 472 g/mol. The summed E-state index contributed by atoms with van der Waals surface area (Å²) in [5.74, 6) is 1.06. The number of alkyl halides is 3. The molecule has 7 nitrogen and oxygen atoms in total. The lowest BCUT2D eigenvalue weighted by atomic mass is 10.0. The van der Waals surface area contributed by atoms with E-state index in [0.717, 1.165) is 49.7 Å². The van der Waals surface area contributed by atoms with E-state index < -0.39 is 22.8 Å². The number of carbonyl (C=O) groups excluding carboxylic acids is 1. The van der Waals surface area contributed by atoms with Gasteiger partial charge in [0.05, 0.1) is 30.0 Å². The van der Waals surface area contributed by atoms with Crippen molar-refractivity contribution in [2.24, 2.45) is 11.0 Å². The maximum absolute atomic E-state index is 13.0. The van der Waals surface area contributed by atoms with E-state index in [1.165, 1.54) is 6.07 Å². The third kappa shape index (κ3) is 5.55. The second-order valence-electron chi connectivity index (χ2n) is 7.28. The Kier molecular flexibility index (Phi) is 7.68. The minimum Gasteiger partial charge on any atom is -0.378 e. The van der Waals surface area contributed by atoms with Gasteiger partial charge in [-0.2, -0.15) is 18.3 Å². The van der Waals surface area contributed by atoms with Gasteiger partial charge < -0.3 is 19.9 Å². The molecule has 1 aromatic rings. The number of hydrazone groups is 1. The highest BCUT2D eigenvalue weighted by atomic mass is 35.5. The van der Waals surface area contributed by atoms with Gasteiger partial charge in [-0.05, 0) is 25.1 Å². The lowest BCUT2D eigenvalue weighted by Crippen LogP contribution is -2.41. The summed E-state index contributed by atoms with van der Waals surface area (Å²) in [7, 11) is 0. The summed E-state index contributed by atoms with van der Waals surface area (Å²) in [4.78, 5) is 16.6. The Hall–Kier alpha value is -2.72. The van der Waals surface area contributed by atoms with Crippen molar-refractivity contribution in [2.75, 3.05) is 44.7 Å². The van der Waals surface area contributed by atoms with Crippen LogP contribution in [0.1, 0.15) is 12.5 Å². The number of urea groups is 1. The summed E-state index contributed by atoms with van der Waals surface area (Å²) < 4.78 is 44.4. The molecule has 11 heteroatoms. The van der Waals surface area contributed by atoms with Crippen molar-refractivity contribution >= 4 is 29.5 Å². The van der Waals surface area contributed by atoms with Crippen LogP contribution in [0.4, 0.5) is 23.7 Å². The zero-order chi connectivity index (χ0) is 23.3. The summed E-state index contributed by atoms with van der Waals surface area (Å²) in [5, 5.41) is 5.91. The maximum atomic E-state index is 13.0. The first-order chi connectivity index (χ1) is 15.2. The Morgan fingerprint density at radius 3 is 2.72 bits per heavy atom. The van der Waals surface area contributed by atoms with E-state index >= 15 is 0 Å². The fourth-order valence-corrected chi connectivity index (χ4v) is 3.93. The summed E-state index contributed by atoms with van der Waals surface area (Å²) in [6.07, 6.45) is -1.22. The number of carbonyl (C=O) groups is 1. The molecule has 0 saturated carbocycles. The molecule has 0 spiro atoms. The lowest BCUT2D eigenvalue weighted by molar-refractivity contribution is -0.137. The Balaban J connectivity index is 1.72. The second-order valence-corrected chi connectivity index (χ2v) is 7.68. The third-order valence-corrected chi connectivity index (χ3v) is 5.58. The van der Waals surface area contributed by atoms with Crippen LogP contribution in [0.25, 0.3) is 0 Å². The second kappa shape index (κ2) is 10.3. The highest BCUT2D eigenvalue weighted by molar-refractivity contribution is 6.31. The molecule has 174 valence electrons. The van der Waals surface area contributed by atoms with Crippen molar-refractivity contribution in [2.45, 2.75) is 13.1 Å². The number of amides is 2. The van der Waals surface area contributed by atoms with Gasteiger partial charge in [0.25, 0.3) is 0 Å². The van der Waals surface area contributed by atoms with Gasteiger partial charge in [-0.1, -0.05) is 17.7 Å². The Bertz CT molecular complexity index is 913. The molecule has 2 N–H and O–H groups in total. The first-order valence-corrected chi connectivity index (χ1v) is 10.5. The number of hydrogen-bond acceptors (Lipinski definition) is 5. The molecule has 2 aliphatic rings. The summed E-state index contributed by atoms with van der Waals surface area (Å²) in [6.45, 7) is 10.3. The van der Waals surface area contributed by atoms with Crippen molar-refractivity contribution in [3.63, 3.8) is 0 Å². The van der Waals surface area contributed by atoms with Gasteiger partial charge in [-0.3, -0.25) is 0 Å². The summed E-state index contributed by atoms with van der Waals surface area (Å²) in [6, 6.07) is 2.36. The van der Waals surface area contributed by atoms with Crippen LogP contribution in [0.15, 0.2) is 47.3 Å².